The molecule has 0 radical (unpaired) electrons. The number of amides is 1. The molecule has 1 amide bonds. The van der Waals surface area contributed by atoms with Gasteiger partial charge in [-0.3, -0.25) is 14.4 Å². The summed E-state index contributed by atoms with van der Waals surface area (Å²) >= 11 is 0. The van der Waals surface area contributed by atoms with Crippen LogP contribution in [-0.2, 0) is 23.9 Å². The van der Waals surface area contributed by atoms with Gasteiger partial charge in [0, 0.05) is 6.42 Å². The van der Waals surface area contributed by atoms with Gasteiger partial charge in [0.1, 0.15) is 18.8 Å². The fourth-order valence-corrected chi connectivity index (χ4v) is 3.86. The van der Waals surface area contributed by atoms with Gasteiger partial charge in [-0.15, -0.1) is 0 Å². The maximum Gasteiger partial charge on any atom is 0.325 e. The zero-order valence-corrected chi connectivity index (χ0v) is 18.5. The topological polar surface area (TPSA) is 81.7 Å². The van der Waals surface area contributed by atoms with Gasteiger partial charge in [-0.05, 0) is 19.3 Å². The van der Waals surface area contributed by atoms with Gasteiger partial charge in [0.05, 0.1) is 5.92 Å². The van der Waals surface area contributed by atoms with E-state index in [1.54, 1.807) is 0 Å². The molecule has 0 aromatic heterocycles. The van der Waals surface area contributed by atoms with Gasteiger partial charge in [0.15, 0.2) is 0 Å². The molecule has 0 aliphatic carbocycles. The SMILES string of the molecule is CCCCCCCCCCC[C@H](C[C@@H]1OC(=O)[C@H]1CCCC)OC(=O)CNC=O. The van der Waals surface area contributed by atoms with E-state index in [0.717, 1.165) is 38.5 Å². The first-order valence-electron chi connectivity index (χ1n) is 11.7. The van der Waals surface area contributed by atoms with E-state index in [2.05, 4.69) is 19.2 Å². The molecule has 29 heavy (non-hydrogen) atoms. The Morgan fingerprint density at radius 1 is 1.03 bits per heavy atom. The molecule has 0 bridgehead atoms. The summed E-state index contributed by atoms with van der Waals surface area (Å²) in [7, 11) is 0. The minimum Gasteiger partial charge on any atom is -0.461 e. The van der Waals surface area contributed by atoms with Crippen molar-refractivity contribution in [2.45, 2.75) is 116 Å². The Morgan fingerprint density at radius 2 is 1.66 bits per heavy atom. The molecular weight excluding hydrogens is 370 g/mol. The first-order chi connectivity index (χ1) is 14.1. The lowest BCUT2D eigenvalue weighted by Gasteiger charge is -2.37. The van der Waals surface area contributed by atoms with Crippen molar-refractivity contribution in [1.29, 1.82) is 0 Å². The van der Waals surface area contributed by atoms with Crippen molar-refractivity contribution in [2.75, 3.05) is 6.54 Å². The molecular formula is C23H41NO5. The van der Waals surface area contributed by atoms with Gasteiger partial charge < -0.3 is 14.8 Å². The first kappa shape index (κ1) is 25.4. The Bertz CT molecular complexity index is 468. The monoisotopic (exact) mass is 411 g/mol. The zero-order chi connectivity index (χ0) is 21.3. The molecule has 0 spiro atoms. The lowest BCUT2D eigenvalue weighted by molar-refractivity contribution is -0.190. The lowest BCUT2D eigenvalue weighted by Crippen LogP contribution is -2.47. The number of hydrogen-bond acceptors (Lipinski definition) is 5. The van der Waals surface area contributed by atoms with Crippen LogP contribution in [0, 0.1) is 5.92 Å². The largest absolute Gasteiger partial charge is 0.461 e. The zero-order valence-electron chi connectivity index (χ0n) is 18.5. The second kappa shape index (κ2) is 16.2. The van der Waals surface area contributed by atoms with E-state index in [-0.39, 0.29) is 30.6 Å². The first-order valence-corrected chi connectivity index (χ1v) is 11.7. The van der Waals surface area contributed by atoms with Crippen LogP contribution in [0.25, 0.3) is 0 Å². The summed E-state index contributed by atoms with van der Waals surface area (Å²) in [5.41, 5.74) is 0. The van der Waals surface area contributed by atoms with E-state index in [1.165, 1.54) is 44.9 Å². The number of unbranched alkanes of at least 4 members (excludes halogenated alkanes) is 9. The van der Waals surface area contributed by atoms with E-state index in [0.29, 0.717) is 12.8 Å². The summed E-state index contributed by atoms with van der Waals surface area (Å²) in [4.78, 5) is 34.1. The highest BCUT2D eigenvalue weighted by molar-refractivity contribution is 5.78. The highest BCUT2D eigenvalue weighted by Gasteiger charge is 2.43. The molecule has 0 aromatic rings. The molecule has 0 unspecified atom stereocenters. The Morgan fingerprint density at radius 3 is 2.24 bits per heavy atom. The number of rotatable bonds is 19. The van der Waals surface area contributed by atoms with Crippen LogP contribution in [0.4, 0.5) is 0 Å². The molecule has 6 heteroatoms. The van der Waals surface area contributed by atoms with E-state index < -0.39 is 5.97 Å². The standard InChI is InChI=1S/C23H41NO5/c1-3-5-7-8-9-10-11-12-13-14-19(28-22(26)17-24-18-25)16-21-20(15-6-4-2)23(27)29-21/h18-21H,3-17H2,1-2H3,(H,24,25)/t19-,20+,21+/m1/s1. The third-order valence-electron chi connectivity index (χ3n) is 5.64. The molecule has 6 nitrogen and oxygen atoms in total. The van der Waals surface area contributed by atoms with Gasteiger partial charge in [-0.2, -0.15) is 0 Å². The molecule has 1 aliphatic rings. The van der Waals surface area contributed by atoms with Gasteiger partial charge in [0.25, 0.3) is 0 Å². The number of carbonyl (C=O) groups excluding carboxylic acids is 3. The van der Waals surface area contributed by atoms with E-state index in [1.807, 2.05) is 0 Å². The van der Waals surface area contributed by atoms with Crippen LogP contribution in [0.1, 0.15) is 104 Å². The van der Waals surface area contributed by atoms with Crippen LogP contribution in [0.15, 0.2) is 0 Å². The van der Waals surface area contributed by atoms with Crippen LogP contribution in [0.2, 0.25) is 0 Å². The van der Waals surface area contributed by atoms with E-state index in [9.17, 15) is 14.4 Å². The number of carbonyl (C=O) groups is 3. The molecule has 1 saturated heterocycles. The van der Waals surface area contributed by atoms with Crippen LogP contribution >= 0.6 is 0 Å². The van der Waals surface area contributed by atoms with Crippen molar-refractivity contribution in [3.63, 3.8) is 0 Å². The molecule has 1 fully saturated rings. The quantitative estimate of drug-likeness (QED) is 0.189. The summed E-state index contributed by atoms with van der Waals surface area (Å²) in [6.07, 6.45) is 15.5. The lowest BCUT2D eigenvalue weighted by atomic mass is 9.87. The molecule has 168 valence electrons. The molecule has 1 aliphatic heterocycles. The second-order valence-corrected chi connectivity index (χ2v) is 8.19. The fraction of sp³-hybridized carbons (Fsp3) is 0.870. The Labute approximate surface area is 176 Å². The maximum atomic E-state index is 11.9. The predicted octanol–water partition coefficient (Wildman–Crippen LogP) is 4.69. The van der Waals surface area contributed by atoms with E-state index in [4.69, 9.17) is 9.47 Å². The molecule has 1 N–H and O–H groups in total. The molecule has 3 atom stereocenters. The number of hydrogen-bond donors (Lipinski definition) is 1. The van der Waals surface area contributed by atoms with E-state index >= 15 is 0 Å². The number of esters is 2. The van der Waals surface area contributed by atoms with Crippen LogP contribution in [-0.4, -0.2) is 37.1 Å². The summed E-state index contributed by atoms with van der Waals surface area (Å²) in [6.45, 7) is 4.21. The number of cyclic esters (lactones) is 1. The smallest absolute Gasteiger partial charge is 0.325 e. The molecule has 1 heterocycles. The maximum absolute atomic E-state index is 11.9. The Balaban J connectivity index is 2.34. The summed E-state index contributed by atoms with van der Waals surface area (Å²) in [5.74, 6) is -0.625. The summed E-state index contributed by atoms with van der Waals surface area (Å²) < 4.78 is 10.9. The average molecular weight is 412 g/mol. The summed E-state index contributed by atoms with van der Waals surface area (Å²) in [6, 6.07) is 0. The average Bonchev–Trinajstić information content (AvgIpc) is 2.70. The Hall–Kier alpha value is -1.59. The number of ether oxygens (including phenoxy) is 2. The minimum absolute atomic E-state index is 0.0626. The highest BCUT2D eigenvalue weighted by atomic mass is 16.6. The van der Waals surface area contributed by atoms with Gasteiger partial charge >= 0.3 is 11.9 Å². The highest BCUT2D eigenvalue weighted by Crippen LogP contribution is 2.32. The van der Waals surface area contributed by atoms with Crippen LogP contribution in [0.5, 0.6) is 0 Å². The van der Waals surface area contributed by atoms with Crippen molar-refractivity contribution in [2.24, 2.45) is 5.92 Å². The van der Waals surface area contributed by atoms with Crippen molar-refractivity contribution < 1.29 is 23.9 Å². The van der Waals surface area contributed by atoms with Gasteiger partial charge in [-0.25, -0.2) is 0 Å². The summed E-state index contributed by atoms with van der Waals surface area (Å²) in [5, 5.41) is 2.34. The number of nitrogens with one attached hydrogen (secondary N) is 1. The van der Waals surface area contributed by atoms with Crippen molar-refractivity contribution in [3.8, 4) is 0 Å². The molecule has 0 aromatic carbocycles. The van der Waals surface area contributed by atoms with Crippen molar-refractivity contribution >= 4 is 18.3 Å². The third kappa shape index (κ3) is 11.2. The van der Waals surface area contributed by atoms with Crippen molar-refractivity contribution in [1.82, 2.24) is 5.32 Å². The third-order valence-corrected chi connectivity index (χ3v) is 5.64. The van der Waals surface area contributed by atoms with Crippen molar-refractivity contribution in [3.05, 3.63) is 0 Å². The second-order valence-electron chi connectivity index (χ2n) is 8.19. The molecule has 1 rings (SSSR count). The normalized spacial score (nSPS) is 19.2. The van der Waals surface area contributed by atoms with Gasteiger partial charge in [-0.1, -0.05) is 78.1 Å². The van der Waals surface area contributed by atoms with Crippen LogP contribution in [0.3, 0.4) is 0 Å². The van der Waals surface area contributed by atoms with Crippen LogP contribution < -0.4 is 5.32 Å². The van der Waals surface area contributed by atoms with Gasteiger partial charge in [0.2, 0.25) is 6.41 Å². The molecule has 0 saturated carbocycles. The predicted molar refractivity (Wildman–Crippen MR) is 113 cm³/mol. The Kier molecular flexibility index (Phi) is 14.2. The minimum atomic E-state index is -0.436. The fourth-order valence-electron chi connectivity index (χ4n) is 3.86.